The molecule has 2 aromatic rings. The van der Waals surface area contributed by atoms with Crippen molar-refractivity contribution in [2.45, 2.75) is 12.5 Å². The second-order valence-electron chi connectivity index (χ2n) is 3.57. The SMILES string of the molecule is O=C(O)C[C@H](O)c1cc2cc(Cl)ccc2[nH]1. The van der Waals surface area contributed by atoms with Crippen molar-refractivity contribution >= 4 is 28.5 Å². The molecule has 16 heavy (non-hydrogen) atoms. The van der Waals surface area contributed by atoms with Crippen LogP contribution in [0, 0.1) is 0 Å². The smallest absolute Gasteiger partial charge is 0.306 e. The Balaban J connectivity index is 2.35. The molecule has 1 heterocycles. The van der Waals surface area contributed by atoms with E-state index in [1.165, 1.54) is 0 Å². The Hall–Kier alpha value is -1.52. The minimum Gasteiger partial charge on any atom is -0.481 e. The van der Waals surface area contributed by atoms with Gasteiger partial charge < -0.3 is 15.2 Å². The Morgan fingerprint density at radius 2 is 2.19 bits per heavy atom. The highest BCUT2D eigenvalue weighted by atomic mass is 35.5. The summed E-state index contributed by atoms with van der Waals surface area (Å²) in [6, 6.07) is 6.97. The molecule has 0 aliphatic carbocycles. The number of aliphatic carboxylic acids is 1. The summed E-state index contributed by atoms with van der Waals surface area (Å²) in [7, 11) is 0. The molecule has 0 aliphatic rings. The molecule has 0 radical (unpaired) electrons. The van der Waals surface area contributed by atoms with E-state index in [4.69, 9.17) is 16.7 Å². The van der Waals surface area contributed by atoms with Crippen LogP contribution < -0.4 is 0 Å². The lowest BCUT2D eigenvalue weighted by atomic mass is 10.2. The van der Waals surface area contributed by atoms with Gasteiger partial charge in [-0.05, 0) is 24.3 Å². The quantitative estimate of drug-likeness (QED) is 0.770. The van der Waals surface area contributed by atoms with E-state index in [0.29, 0.717) is 10.7 Å². The molecule has 0 amide bonds. The monoisotopic (exact) mass is 239 g/mol. The van der Waals surface area contributed by atoms with Gasteiger partial charge in [-0.15, -0.1) is 0 Å². The lowest BCUT2D eigenvalue weighted by Gasteiger charge is -2.03. The maximum absolute atomic E-state index is 10.5. The van der Waals surface area contributed by atoms with E-state index in [9.17, 15) is 9.90 Å². The number of carboxylic acid groups (broad SMARTS) is 1. The minimum atomic E-state index is -1.04. The number of hydrogen-bond donors (Lipinski definition) is 3. The lowest BCUT2D eigenvalue weighted by molar-refractivity contribution is -0.139. The van der Waals surface area contributed by atoms with Gasteiger partial charge in [-0.25, -0.2) is 0 Å². The van der Waals surface area contributed by atoms with E-state index in [1.807, 2.05) is 0 Å². The summed E-state index contributed by atoms with van der Waals surface area (Å²) in [5.74, 6) is -1.04. The number of aliphatic hydroxyl groups excluding tert-OH is 1. The number of rotatable bonds is 3. The molecule has 84 valence electrons. The zero-order valence-electron chi connectivity index (χ0n) is 8.27. The molecule has 0 spiro atoms. The fraction of sp³-hybridized carbons (Fsp3) is 0.182. The molecule has 1 aromatic carbocycles. The Bertz CT molecular complexity index is 535. The summed E-state index contributed by atoms with van der Waals surface area (Å²) in [5, 5.41) is 19.6. The summed E-state index contributed by atoms with van der Waals surface area (Å²) in [5.41, 5.74) is 1.31. The molecule has 0 fully saturated rings. The molecular weight excluding hydrogens is 230 g/mol. The number of aliphatic hydroxyl groups is 1. The van der Waals surface area contributed by atoms with E-state index in [1.54, 1.807) is 24.3 Å². The maximum atomic E-state index is 10.5. The summed E-state index contributed by atoms with van der Waals surface area (Å²) in [4.78, 5) is 13.4. The van der Waals surface area contributed by atoms with E-state index in [0.717, 1.165) is 10.9 Å². The highest BCUT2D eigenvalue weighted by Crippen LogP contribution is 2.24. The van der Waals surface area contributed by atoms with Crippen molar-refractivity contribution < 1.29 is 15.0 Å². The van der Waals surface area contributed by atoms with E-state index in [2.05, 4.69) is 4.98 Å². The molecule has 5 heteroatoms. The summed E-state index contributed by atoms with van der Waals surface area (Å²) < 4.78 is 0. The number of fused-ring (bicyclic) bond motifs is 1. The molecule has 0 saturated heterocycles. The first-order valence-electron chi connectivity index (χ1n) is 4.74. The number of nitrogens with one attached hydrogen (secondary N) is 1. The number of carboxylic acids is 1. The second-order valence-corrected chi connectivity index (χ2v) is 4.01. The molecule has 0 bridgehead atoms. The van der Waals surface area contributed by atoms with Crippen LogP contribution in [0.3, 0.4) is 0 Å². The van der Waals surface area contributed by atoms with Crippen LogP contribution in [0.5, 0.6) is 0 Å². The van der Waals surface area contributed by atoms with Gasteiger partial charge in [-0.3, -0.25) is 4.79 Å². The summed E-state index contributed by atoms with van der Waals surface area (Å²) >= 11 is 5.82. The van der Waals surface area contributed by atoms with Gasteiger partial charge in [0.1, 0.15) is 6.10 Å². The number of aromatic nitrogens is 1. The number of hydrogen-bond acceptors (Lipinski definition) is 2. The fourth-order valence-electron chi connectivity index (χ4n) is 1.58. The van der Waals surface area contributed by atoms with Crippen LogP contribution in [0.1, 0.15) is 18.2 Å². The zero-order chi connectivity index (χ0) is 11.7. The normalized spacial score (nSPS) is 12.9. The third kappa shape index (κ3) is 2.18. The van der Waals surface area contributed by atoms with Gasteiger partial charge in [0.15, 0.2) is 0 Å². The molecule has 1 aromatic heterocycles. The number of H-pyrrole nitrogens is 1. The Morgan fingerprint density at radius 1 is 1.44 bits per heavy atom. The summed E-state index contributed by atoms with van der Waals surface area (Å²) in [6.07, 6.45) is -1.34. The topological polar surface area (TPSA) is 73.3 Å². The third-order valence-corrected chi connectivity index (χ3v) is 2.57. The van der Waals surface area contributed by atoms with Crippen LogP contribution >= 0.6 is 11.6 Å². The first-order valence-corrected chi connectivity index (χ1v) is 5.12. The molecular formula is C11H10ClNO3. The van der Waals surface area contributed by atoms with Crippen molar-refractivity contribution in [3.05, 3.63) is 35.0 Å². The van der Waals surface area contributed by atoms with Crippen LogP contribution in [0.4, 0.5) is 0 Å². The largest absolute Gasteiger partial charge is 0.481 e. The van der Waals surface area contributed by atoms with Crippen molar-refractivity contribution in [1.82, 2.24) is 4.98 Å². The van der Waals surface area contributed by atoms with Crippen LogP contribution in [0.15, 0.2) is 24.3 Å². The number of halogens is 1. The standard InChI is InChI=1S/C11H10ClNO3/c12-7-1-2-8-6(3-7)4-9(13-8)10(14)5-11(15)16/h1-4,10,13-14H,5H2,(H,15,16)/t10-/m0/s1. The third-order valence-electron chi connectivity index (χ3n) is 2.33. The Kier molecular flexibility index (Phi) is 2.85. The van der Waals surface area contributed by atoms with E-state index >= 15 is 0 Å². The Labute approximate surface area is 96.5 Å². The van der Waals surface area contributed by atoms with Gasteiger partial charge in [-0.1, -0.05) is 11.6 Å². The Morgan fingerprint density at radius 3 is 2.88 bits per heavy atom. The van der Waals surface area contributed by atoms with Crippen molar-refractivity contribution in [3.8, 4) is 0 Å². The van der Waals surface area contributed by atoms with Crippen LogP contribution in [-0.2, 0) is 4.79 Å². The van der Waals surface area contributed by atoms with E-state index < -0.39 is 12.1 Å². The fourth-order valence-corrected chi connectivity index (χ4v) is 1.76. The predicted octanol–water partition coefficient (Wildman–Crippen LogP) is 2.33. The van der Waals surface area contributed by atoms with Crippen LogP contribution in [-0.4, -0.2) is 21.2 Å². The second kappa shape index (κ2) is 4.15. The van der Waals surface area contributed by atoms with Gasteiger partial charge in [0.2, 0.25) is 0 Å². The van der Waals surface area contributed by atoms with Gasteiger partial charge >= 0.3 is 5.97 Å². The van der Waals surface area contributed by atoms with E-state index in [-0.39, 0.29) is 6.42 Å². The average molecular weight is 240 g/mol. The molecule has 0 unspecified atom stereocenters. The van der Waals surface area contributed by atoms with Gasteiger partial charge in [0.25, 0.3) is 0 Å². The first kappa shape index (κ1) is 11.0. The van der Waals surface area contributed by atoms with Crippen LogP contribution in [0.25, 0.3) is 10.9 Å². The van der Waals surface area contributed by atoms with Gasteiger partial charge in [-0.2, -0.15) is 0 Å². The van der Waals surface area contributed by atoms with Crippen molar-refractivity contribution in [2.75, 3.05) is 0 Å². The van der Waals surface area contributed by atoms with Crippen LogP contribution in [0.2, 0.25) is 5.02 Å². The van der Waals surface area contributed by atoms with Gasteiger partial charge in [0.05, 0.1) is 6.42 Å². The molecule has 0 saturated carbocycles. The van der Waals surface area contributed by atoms with Crippen molar-refractivity contribution in [1.29, 1.82) is 0 Å². The number of benzene rings is 1. The molecule has 2 rings (SSSR count). The van der Waals surface area contributed by atoms with Crippen molar-refractivity contribution in [2.24, 2.45) is 0 Å². The average Bonchev–Trinajstić information content (AvgIpc) is 2.59. The zero-order valence-corrected chi connectivity index (χ0v) is 9.03. The number of carbonyl (C=O) groups is 1. The number of aromatic amines is 1. The molecule has 1 atom stereocenters. The first-order chi connectivity index (χ1) is 7.56. The maximum Gasteiger partial charge on any atom is 0.306 e. The molecule has 3 N–H and O–H groups in total. The lowest BCUT2D eigenvalue weighted by Crippen LogP contribution is -2.05. The predicted molar refractivity (Wildman–Crippen MR) is 60.5 cm³/mol. The molecule has 0 aliphatic heterocycles. The minimum absolute atomic E-state index is 0.319. The summed E-state index contributed by atoms with van der Waals surface area (Å²) in [6.45, 7) is 0. The van der Waals surface area contributed by atoms with Gasteiger partial charge in [0, 0.05) is 21.6 Å². The highest BCUT2D eigenvalue weighted by Gasteiger charge is 2.14. The highest BCUT2D eigenvalue weighted by molar-refractivity contribution is 6.31. The van der Waals surface area contributed by atoms with Crippen molar-refractivity contribution in [3.63, 3.8) is 0 Å². The molecule has 4 nitrogen and oxygen atoms in total.